The fourth-order valence-corrected chi connectivity index (χ4v) is 3.16. The molecule has 1 aromatic rings. The van der Waals surface area contributed by atoms with E-state index >= 15 is 0 Å². The van der Waals surface area contributed by atoms with Crippen molar-refractivity contribution in [1.29, 1.82) is 0 Å². The molecule has 2 heterocycles. The van der Waals surface area contributed by atoms with Crippen LogP contribution >= 0.6 is 0 Å². The Morgan fingerprint density at radius 3 is 2.50 bits per heavy atom. The monoisotopic (exact) mass is 290 g/mol. The van der Waals surface area contributed by atoms with E-state index in [0.29, 0.717) is 25.5 Å². The number of nitrogens with zero attached hydrogens (tertiary/aromatic N) is 4. The highest BCUT2D eigenvalue weighted by molar-refractivity contribution is 5.03. The highest BCUT2D eigenvalue weighted by atomic mass is 19.4. The molecule has 20 heavy (non-hydrogen) atoms. The number of alkyl halides is 3. The van der Waals surface area contributed by atoms with Crippen molar-refractivity contribution < 1.29 is 18.3 Å². The van der Waals surface area contributed by atoms with Crippen molar-refractivity contribution in [3.05, 3.63) is 11.6 Å². The van der Waals surface area contributed by atoms with Gasteiger partial charge in [-0.1, -0.05) is 12.8 Å². The Hall–Kier alpha value is -1.15. The number of aliphatic hydroxyl groups is 1. The number of hydrogen-bond donors (Lipinski definition) is 1. The van der Waals surface area contributed by atoms with Crippen molar-refractivity contribution in [3.63, 3.8) is 0 Å². The molecule has 1 N–H and O–H groups in total. The molecule has 1 fully saturated rings. The van der Waals surface area contributed by atoms with Crippen LogP contribution in [0.1, 0.15) is 37.3 Å². The third-order valence-corrected chi connectivity index (χ3v) is 4.14. The van der Waals surface area contributed by atoms with Crippen LogP contribution in [0.2, 0.25) is 0 Å². The van der Waals surface area contributed by atoms with Crippen LogP contribution in [-0.4, -0.2) is 43.5 Å². The number of aromatic nitrogens is 3. The largest absolute Gasteiger partial charge is 0.451 e. The molecule has 0 spiro atoms. The second kappa shape index (κ2) is 4.70. The van der Waals surface area contributed by atoms with Crippen LogP contribution in [-0.2, 0) is 19.3 Å². The van der Waals surface area contributed by atoms with Crippen LogP contribution in [0.5, 0.6) is 0 Å². The van der Waals surface area contributed by atoms with Gasteiger partial charge in [0.25, 0.3) is 0 Å². The van der Waals surface area contributed by atoms with Gasteiger partial charge in [-0.15, -0.1) is 10.2 Å². The Balaban J connectivity index is 1.72. The zero-order valence-corrected chi connectivity index (χ0v) is 11.0. The third kappa shape index (κ3) is 2.54. The summed E-state index contributed by atoms with van der Waals surface area (Å²) in [7, 11) is 0. The van der Waals surface area contributed by atoms with Gasteiger partial charge in [0.05, 0.1) is 12.1 Å². The summed E-state index contributed by atoms with van der Waals surface area (Å²) < 4.78 is 39.3. The average molecular weight is 290 g/mol. The Bertz CT molecular complexity index is 493. The molecule has 0 bridgehead atoms. The van der Waals surface area contributed by atoms with Crippen molar-refractivity contribution in [3.8, 4) is 0 Å². The van der Waals surface area contributed by atoms with E-state index in [1.807, 2.05) is 4.90 Å². The van der Waals surface area contributed by atoms with E-state index in [4.69, 9.17) is 0 Å². The number of halogens is 3. The van der Waals surface area contributed by atoms with E-state index in [1.165, 1.54) is 0 Å². The standard InChI is InChI=1S/C12H17F3N4O/c13-12(14,15)10-17-16-9-7-18(5-6-19(9)10)8-11(20)3-1-2-4-11/h20H,1-8H2. The number of β-amino-alcohol motifs (C(OH)–C–C–N with tert-alkyl or cyclic N) is 1. The molecule has 0 atom stereocenters. The van der Waals surface area contributed by atoms with Gasteiger partial charge >= 0.3 is 6.18 Å². The highest BCUT2D eigenvalue weighted by Crippen LogP contribution is 2.32. The second-order valence-corrected chi connectivity index (χ2v) is 5.73. The lowest BCUT2D eigenvalue weighted by molar-refractivity contribution is -0.148. The first-order chi connectivity index (χ1) is 9.37. The van der Waals surface area contributed by atoms with E-state index in [2.05, 4.69) is 10.2 Å². The molecule has 0 saturated heterocycles. The lowest BCUT2D eigenvalue weighted by atomic mass is 10.0. The molecule has 0 amide bonds. The quantitative estimate of drug-likeness (QED) is 0.895. The Morgan fingerprint density at radius 2 is 1.85 bits per heavy atom. The van der Waals surface area contributed by atoms with Crippen LogP contribution in [0.25, 0.3) is 0 Å². The lowest BCUT2D eigenvalue weighted by Crippen LogP contribution is -2.44. The highest BCUT2D eigenvalue weighted by Gasteiger charge is 2.40. The molecule has 1 aliphatic carbocycles. The first-order valence-corrected chi connectivity index (χ1v) is 6.81. The minimum absolute atomic E-state index is 0.216. The smallest absolute Gasteiger partial charge is 0.389 e. The van der Waals surface area contributed by atoms with E-state index in [1.54, 1.807) is 0 Å². The lowest BCUT2D eigenvalue weighted by Gasteiger charge is -2.34. The van der Waals surface area contributed by atoms with Gasteiger partial charge in [0, 0.05) is 19.6 Å². The van der Waals surface area contributed by atoms with Gasteiger partial charge in [0.15, 0.2) is 0 Å². The molecule has 1 aromatic heterocycles. The van der Waals surface area contributed by atoms with Gasteiger partial charge in [0.2, 0.25) is 5.82 Å². The summed E-state index contributed by atoms with van der Waals surface area (Å²) in [6.07, 6.45) is -0.900. The number of fused-ring (bicyclic) bond motifs is 1. The molecule has 0 radical (unpaired) electrons. The van der Waals surface area contributed by atoms with Crippen LogP contribution < -0.4 is 0 Å². The van der Waals surface area contributed by atoms with Crippen LogP contribution in [0, 0.1) is 0 Å². The summed E-state index contributed by atoms with van der Waals surface area (Å²) >= 11 is 0. The molecule has 0 unspecified atom stereocenters. The number of hydrogen-bond acceptors (Lipinski definition) is 4. The van der Waals surface area contributed by atoms with Gasteiger partial charge in [0.1, 0.15) is 5.82 Å². The molecule has 2 aliphatic rings. The van der Waals surface area contributed by atoms with Crippen molar-refractivity contribution in [1.82, 2.24) is 19.7 Å². The van der Waals surface area contributed by atoms with Crippen LogP contribution in [0.4, 0.5) is 13.2 Å². The maximum atomic E-state index is 12.7. The zero-order chi connectivity index (χ0) is 14.4. The van der Waals surface area contributed by atoms with Crippen molar-refractivity contribution in [2.24, 2.45) is 0 Å². The molecular formula is C12H17F3N4O. The number of rotatable bonds is 2. The van der Waals surface area contributed by atoms with Crippen molar-refractivity contribution in [2.75, 3.05) is 13.1 Å². The Kier molecular flexibility index (Phi) is 3.24. The van der Waals surface area contributed by atoms with Crippen molar-refractivity contribution in [2.45, 2.75) is 50.6 Å². The fraction of sp³-hybridized carbons (Fsp3) is 0.833. The Labute approximate surface area is 114 Å². The van der Waals surface area contributed by atoms with Gasteiger partial charge in [-0.3, -0.25) is 4.90 Å². The van der Waals surface area contributed by atoms with E-state index in [0.717, 1.165) is 30.3 Å². The van der Waals surface area contributed by atoms with E-state index < -0.39 is 17.6 Å². The molecule has 1 aliphatic heterocycles. The molecule has 5 nitrogen and oxygen atoms in total. The summed E-state index contributed by atoms with van der Waals surface area (Å²) in [6, 6.07) is 0. The van der Waals surface area contributed by atoms with E-state index in [-0.39, 0.29) is 6.54 Å². The van der Waals surface area contributed by atoms with Gasteiger partial charge in [-0.25, -0.2) is 0 Å². The zero-order valence-electron chi connectivity index (χ0n) is 11.0. The Morgan fingerprint density at radius 1 is 1.15 bits per heavy atom. The molecule has 0 aromatic carbocycles. The normalized spacial score (nSPS) is 23.0. The first-order valence-electron chi connectivity index (χ1n) is 6.81. The first kappa shape index (κ1) is 13.8. The molecule has 3 rings (SSSR count). The fourth-order valence-electron chi connectivity index (χ4n) is 3.16. The minimum Gasteiger partial charge on any atom is -0.389 e. The molecule has 8 heteroatoms. The summed E-state index contributed by atoms with van der Waals surface area (Å²) in [5.41, 5.74) is -0.685. The minimum atomic E-state index is -4.46. The maximum Gasteiger partial charge on any atom is 0.451 e. The van der Waals surface area contributed by atoms with Gasteiger partial charge < -0.3 is 9.67 Å². The van der Waals surface area contributed by atoms with Gasteiger partial charge in [-0.2, -0.15) is 13.2 Å². The molecule has 1 saturated carbocycles. The summed E-state index contributed by atoms with van der Waals surface area (Å²) in [5.74, 6) is -0.600. The SMILES string of the molecule is OC1(CN2CCn3c(nnc3C(F)(F)F)C2)CCCC1. The predicted molar refractivity (Wildman–Crippen MR) is 63.7 cm³/mol. The summed E-state index contributed by atoms with van der Waals surface area (Å²) in [4.78, 5) is 1.97. The topological polar surface area (TPSA) is 54.2 Å². The summed E-state index contributed by atoms with van der Waals surface area (Å²) in [6.45, 7) is 1.51. The third-order valence-electron chi connectivity index (χ3n) is 4.14. The second-order valence-electron chi connectivity index (χ2n) is 5.73. The maximum absolute atomic E-state index is 12.7. The predicted octanol–water partition coefficient (Wildman–Crippen LogP) is 1.42. The summed E-state index contributed by atoms with van der Waals surface area (Å²) in [5, 5.41) is 17.3. The molecule has 112 valence electrons. The molecular weight excluding hydrogens is 273 g/mol. The van der Waals surface area contributed by atoms with Crippen molar-refractivity contribution >= 4 is 0 Å². The average Bonchev–Trinajstić information content (AvgIpc) is 2.94. The van der Waals surface area contributed by atoms with Crippen LogP contribution in [0.15, 0.2) is 0 Å². The van der Waals surface area contributed by atoms with E-state index in [9.17, 15) is 18.3 Å². The van der Waals surface area contributed by atoms with Gasteiger partial charge in [-0.05, 0) is 12.8 Å². The van der Waals surface area contributed by atoms with Crippen LogP contribution in [0.3, 0.4) is 0 Å².